The molecule has 1 aliphatic rings. The molecule has 2 heterocycles. The predicted octanol–water partition coefficient (Wildman–Crippen LogP) is 1.93. The van der Waals surface area contributed by atoms with Crippen LogP contribution >= 0.6 is 0 Å². The summed E-state index contributed by atoms with van der Waals surface area (Å²) in [6.45, 7) is 1.30. The van der Waals surface area contributed by atoms with E-state index in [-0.39, 0.29) is 12.5 Å². The van der Waals surface area contributed by atoms with E-state index in [4.69, 9.17) is 10.5 Å². The molecule has 0 aliphatic carbocycles. The Morgan fingerprint density at radius 3 is 2.44 bits per heavy atom. The van der Waals surface area contributed by atoms with Crippen molar-refractivity contribution in [1.29, 1.82) is 0 Å². The number of amides is 1. The van der Waals surface area contributed by atoms with Crippen LogP contribution in [0.3, 0.4) is 0 Å². The number of carbonyl (C=O) groups is 3. The lowest BCUT2D eigenvalue weighted by molar-refractivity contribution is -0.124. The Hall–Kier alpha value is -3.06. The summed E-state index contributed by atoms with van der Waals surface area (Å²) in [4.78, 5) is 40.1. The molecule has 1 saturated heterocycles. The maximum absolute atomic E-state index is 11.9. The van der Waals surface area contributed by atoms with Crippen molar-refractivity contribution < 1.29 is 19.1 Å². The first-order chi connectivity index (χ1) is 12.0. The molecule has 1 amide bonds. The highest BCUT2D eigenvalue weighted by Gasteiger charge is 2.45. The largest absolute Gasteiger partial charge is 0.435 e. The molecule has 0 saturated carbocycles. The van der Waals surface area contributed by atoms with Crippen molar-refractivity contribution >= 4 is 18.2 Å². The van der Waals surface area contributed by atoms with Gasteiger partial charge in [0.05, 0.1) is 12.4 Å². The van der Waals surface area contributed by atoms with Crippen molar-refractivity contribution in [1.82, 2.24) is 9.88 Å². The van der Waals surface area contributed by atoms with Crippen molar-refractivity contribution in [3.05, 3.63) is 53.9 Å². The van der Waals surface area contributed by atoms with Crippen LogP contribution in [0.4, 0.5) is 4.79 Å². The number of benzene rings is 1. The van der Waals surface area contributed by atoms with E-state index in [9.17, 15) is 14.4 Å². The van der Waals surface area contributed by atoms with Gasteiger partial charge < -0.3 is 10.5 Å². The summed E-state index contributed by atoms with van der Waals surface area (Å²) >= 11 is 0. The van der Waals surface area contributed by atoms with E-state index in [1.807, 2.05) is 18.2 Å². The molecule has 7 heteroatoms. The van der Waals surface area contributed by atoms with Gasteiger partial charge in [0.15, 0.2) is 11.9 Å². The van der Waals surface area contributed by atoms with Gasteiger partial charge in [-0.25, -0.2) is 4.79 Å². The van der Waals surface area contributed by atoms with Gasteiger partial charge in [0, 0.05) is 17.3 Å². The molecule has 1 fully saturated rings. The van der Waals surface area contributed by atoms with E-state index in [2.05, 4.69) is 4.98 Å². The fourth-order valence-corrected chi connectivity index (χ4v) is 2.83. The Kier molecular flexibility index (Phi) is 4.58. The van der Waals surface area contributed by atoms with E-state index < -0.39 is 18.2 Å². The molecule has 2 N–H and O–H groups in total. The molecule has 0 bridgehead atoms. The van der Waals surface area contributed by atoms with Crippen LogP contribution in [0.15, 0.2) is 42.6 Å². The van der Waals surface area contributed by atoms with Gasteiger partial charge in [0.1, 0.15) is 12.3 Å². The second kappa shape index (κ2) is 6.82. The Morgan fingerprint density at radius 1 is 1.24 bits per heavy atom. The molecule has 3 rings (SSSR count). The maximum Gasteiger partial charge on any atom is 0.412 e. The highest BCUT2D eigenvalue weighted by atomic mass is 16.6. The average molecular weight is 339 g/mol. The smallest absolute Gasteiger partial charge is 0.412 e. The molecule has 2 atom stereocenters. The zero-order valence-electron chi connectivity index (χ0n) is 13.6. The first kappa shape index (κ1) is 16.8. The van der Waals surface area contributed by atoms with Gasteiger partial charge in [-0.3, -0.25) is 19.5 Å². The van der Waals surface area contributed by atoms with E-state index in [1.54, 1.807) is 24.4 Å². The quantitative estimate of drug-likeness (QED) is 0.835. The number of ketones is 1. The number of aldehydes is 1. The van der Waals surface area contributed by atoms with Crippen LogP contribution in [-0.2, 0) is 9.53 Å². The van der Waals surface area contributed by atoms with E-state index in [0.29, 0.717) is 11.3 Å². The number of Topliss-reactive ketones (excluding diaryl/α,β-unsaturated/α-hetero) is 1. The number of hydrogen-bond donors (Lipinski definition) is 1. The first-order valence-corrected chi connectivity index (χ1v) is 7.74. The molecule has 128 valence electrons. The number of hydrogen-bond acceptors (Lipinski definition) is 6. The van der Waals surface area contributed by atoms with Gasteiger partial charge in [-0.05, 0) is 18.6 Å². The molecular formula is C18H17N3O4. The minimum Gasteiger partial charge on any atom is -0.435 e. The van der Waals surface area contributed by atoms with Gasteiger partial charge >= 0.3 is 6.09 Å². The van der Waals surface area contributed by atoms with Crippen LogP contribution < -0.4 is 5.73 Å². The Morgan fingerprint density at radius 2 is 1.92 bits per heavy atom. The Labute approximate surface area is 144 Å². The summed E-state index contributed by atoms with van der Waals surface area (Å²) in [5.41, 5.74) is 8.50. The minimum atomic E-state index is -0.915. The number of carbonyl (C=O) groups excluding carboxylic acids is 3. The van der Waals surface area contributed by atoms with Crippen LogP contribution in [0.25, 0.3) is 11.1 Å². The Bertz CT molecular complexity index is 802. The van der Waals surface area contributed by atoms with Crippen LogP contribution in [-0.4, -0.2) is 40.8 Å². The maximum atomic E-state index is 11.9. The summed E-state index contributed by atoms with van der Waals surface area (Å²) in [6.07, 6.45) is 0.898. The number of cyclic esters (lactones) is 1. The summed E-state index contributed by atoms with van der Waals surface area (Å²) < 4.78 is 5.12. The van der Waals surface area contributed by atoms with Gasteiger partial charge in [-0.2, -0.15) is 0 Å². The number of nitrogens with two attached hydrogens (primary N) is 1. The molecule has 1 aliphatic heterocycles. The number of ether oxygens (including phenoxy) is 1. The van der Waals surface area contributed by atoms with Crippen LogP contribution in [0, 0.1) is 0 Å². The van der Waals surface area contributed by atoms with Gasteiger partial charge in [-0.15, -0.1) is 0 Å². The molecule has 2 unspecified atom stereocenters. The van der Waals surface area contributed by atoms with Gasteiger partial charge in [0.2, 0.25) is 0 Å². The highest BCUT2D eigenvalue weighted by molar-refractivity contribution is 5.87. The third kappa shape index (κ3) is 3.14. The van der Waals surface area contributed by atoms with Gasteiger partial charge in [-0.1, -0.05) is 30.3 Å². The van der Waals surface area contributed by atoms with Gasteiger partial charge in [0.25, 0.3) is 0 Å². The molecule has 0 spiro atoms. The molecule has 25 heavy (non-hydrogen) atoms. The molecule has 1 aromatic heterocycles. The fourth-order valence-electron chi connectivity index (χ4n) is 2.83. The predicted molar refractivity (Wildman–Crippen MR) is 89.6 cm³/mol. The fraction of sp³-hybridized carbons (Fsp3) is 0.222. The summed E-state index contributed by atoms with van der Waals surface area (Å²) in [7, 11) is 0. The van der Waals surface area contributed by atoms with Crippen LogP contribution in [0.1, 0.15) is 29.0 Å². The standard InChI is InChI=1S/C18H17N3O4/c1-11(23)17-16(21(10-19)18(24)25-17)15-7-6-14(8-20-15)13-4-2-12(9-22)3-5-13/h2-9,16-17H,10,19H2,1H3. The number of aromatic nitrogens is 1. The zero-order chi connectivity index (χ0) is 18.0. The highest BCUT2D eigenvalue weighted by Crippen LogP contribution is 2.32. The lowest BCUT2D eigenvalue weighted by Crippen LogP contribution is -2.36. The SMILES string of the molecule is CC(=O)C1OC(=O)N(CN)C1c1ccc(-c2ccc(C=O)cc2)cn1. The summed E-state index contributed by atoms with van der Waals surface area (Å²) in [5, 5.41) is 0. The average Bonchev–Trinajstić information content (AvgIpc) is 2.98. The molecular weight excluding hydrogens is 322 g/mol. The number of nitrogens with zero attached hydrogens (tertiary/aromatic N) is 2. The summed E-state index contributed by atoms with van der Waals surface area (Å²) in [6, 6.07) is 10.0. The molecule has 2 aromatic rings. The second-order valence-corrected chi connectivity index (χ2v) is 5.72. The third-order valence-corrected chi connectivity index (χ3v) is 4.15. The van der Waals surface area contributed by atoms with E-state index >= 15 is 0 Å². The second-order valence-electron chi connectivity index (χ2n) is 5.72. The number of rotatable bonds is 5. The van der Waals surface area contributed by atoms with E-state index in [1.165, 1.54) is 11.8 Å². The normalized spacial score (nSPS) is 19.6. The number of pyridine rings is 1. The Balaban J connectivity index is 1.91. The third-order valence-electron chi connectivity index (χ3n) is 4.15. The topological polar surface area (TPSA) is 103 Å². The lowest BCUT2D eigenvalue weighted by Gasteiger charge is -2.21. The molecule has 1 aromatic carbocycles. The van der Waals surface area contributed by atoms with Crippen LogP contribution in [0.5, 0.6) is 0 Å². The van der Waals surface area contributed by atoms with Crippen molar-refractivity contribution in [3.63, 3.8) is 0 Å². The zero-order valence-corrected chi connectivity index (χ0v) is 13.6. The van der Waals surface area contributed by atoms with Crippen molar-refractivity contribution in [2.45, 2.75) is 19.1 Å². The summed E-state index contributed by atoms with van der Waals surface area (Å²) in [5.74, 6) is -0.260. The monoisotopic (exact) mass is 339 g/mol. The minimum absolute atomic E-state index is 0.0656. The van der Waals surface area contributed by atoms with Crippen molar-refractivity contribution in [2.75, 3.05) is 6.67 Å². The molecule has 0 radical (unpaired) electrons. The first-order valence-electron chi connectivity index (χ1n) is 7.74. The lowest BCUT2D eigenvalue weighted by atomic mass is 10.0. The van der Waals surface area contributed by atoms with E-state index in [0.717, 1.165) is 17.4 Å². The molecule has 7 nitrogen and oxygen atoms in total. The van der Waals surface area contributed by atoms with Crippen molar-refractivity contribution in [2.24, 2.45) is 5.73 Å². The van der Waals surface area contributed by atoms with Crippen molar-refractivity contribution in [3.8, 4) is 11.1 Å². The van der Waals surface area contributed by atoms with Crippen LogP contribution in [0.2, 0.25) is 0 Å².